The number of aryl methyl sites for hydroxylation is 3. The minimum atomic E-state index is -3.47. The van der Waals surface area contributed by atoms with E-state index in [0.717, 1.165) is 35.7 Å². The number of benzene rings is 1. The molecule has 168 valence electrons. The van der Waals surface area contributed by atoms with Crippen molar-refractivity contribution in [3.63, 3.8) is 0 Å². The Labute approximate surface area is 189 Å². The minimum absolute atomic E-state index is 0.00540. The Kier molecular flexibility index (Phi) is 8.02. The van der Waals surface area contributed by atoms with E-state index in [1.54, 1.807) is 46.6 Å². The van der Waals surface area contributed by atoms with Crippen LogP contribution in [0.3, 0.4) is 0 Å². The third-order valence-electron chi connectivity index (χ3n) is 5.57. The highest BCUT2D eigenvalue weighted by molar-refractivity contribution is 7.89. The number of thiazole rings is 1. The van der Waals surface area contributed by atoms with Crippen LogP contribution in [0.15, 0.2) is 41.8 Å². The second kappa shape index (κ2) is 10.5. The van der Waals surface area contributed by atoms with Gasteiger partial charge in [0.1, 0.15) is 0 Å². The fourth-order valence-electron chi connectivity index (χ4n) is 3.80. The van der Waals surface area contributed by atoms with E-state index in [4.69, 9.17) is 4.98 Å². The quantitative estimate of drug-likeness (QED) is 0.497. The van der Waals surface area contributed by atoms with E-state index in [1.165, 1.54) is 15.6 Å². The molecule has 0 saturated carbocycles. The summed E-state index contributed by atoms with van der Waals surface area (Å²) >= 11 is 1.62. The van der Waals surface area contributed by atoms with Gasteiger partial charge in [0.15, 0.2) is 5.13 Å². The van der Waals surface area contributed by atoms with Gasteiger partial charge in [0, 0.05) is 30.9 Å². The normalized spacial score (nSPS) is 13.8. The zero-order chi connectivity index (χ0) is 22.4. The molecule has 0 spiro atoms. The van der Waals surface area contributed by atoms with Gasteiger partial charge >= 0.3 is 0 Å². The summed E-state index contributed by atoms with van der Waals surface area (Å²) in [4.78, 5) is 21.0. The largest absolute Gasteiger partial charge is 0.284 e. The summed E-state index contributed by atoms with van der Waals surface area (Å²) in [6.07, 6.45) is 6.99. The van der Waals surface area contributed by atoms with Gasteiger partial charge in [0.2, 0.25) is 15.9 Å². The molecule has 0 saturated heterocycles. The summed E-state index contributed by atoms with van der Waals surface area (Å²) in [5.74, 6) is 0.00540. The number of anilines is 1. The number of aromatic nitrogens is 1. The number of hydrogen-bond donors (Lipinski definition) is 0. The van der Waals surface area contributed by atoms with Crippen LogP contribution >= 0.6 is 11.3 Å². The molecule has 31 heavy (non-hydrogen) atoms. The summed E-state index contributed by atoms with van der Waals surface area (Å²) in [7, 11) is -3.47. The van der Waals surface area contributed by atoms with Gasteiger partial charge in [-0.1, -0.05) is 32.1 Å². The van der Waals surface area contributed by atoms with Crippen molar-refractivity contribution in [3.05, 3.63) is 53.1 Å². The summed E-state index contributed by atoms with van der Waals surface area (Å²) < 4.78 is 26.7. The monoisotopic (exact) mass is 461 g/mol. The van der Waals surface area contributed by atoms with Crippen LogP contribution in [0.1, 0.15) is 49.2 Å². The molecule has 0 unspecified atom stereocenters. The van der Waals surface area contributed by atoms with Crippen LogP contribution in [0, 0.1) is 0 Å². The highest BCUT2D eigenvalue weighted by Gasteiger charge is 2.23. The second-order valence-corrected chi connectivity index (χ2v) is 10.6. The summed E-state index contributed by atoms with van der Waals surface area (Å²) in [6, 6.07) is 6.85. The number of amides is 1. The zero-order valence-electron chi connectivity index (χ0n) is 18.3. The van der Waals surface area contributed by atoms with E-state index in [2.05, 4.69) is 6.58 Å². The molecular formula is C23H31N3O3S2. The third-order valence-corrected chi connectivity index (χ3v) is 8.82. The van der Waals surface area contributed by atoms with E-state index in [-0.39, 0.29) is 10.8 Å². The standard InChI is InChI=1S/C23H31N3O3S2/c1-4-17-26(23-24-20-9-7-8-10-21(20)30-23)22(27)16-13-18-11-14-19(15-12-18)31(28,29)25(5-2)6-3/h4,11-12,14-15H,1,5-10,13,16-17H2,2-3H3. The zero-order valence-corrected chi connectivity index (χ0v) is 20.0. The van der Waals surface area contributed by atoms with Gasteiger partial charge in [0.25, 0.3) is 0 Å². The lowest BCUT2D eigenvalue weighted by Crippen LogP contribution is -2.31. The lowest BCUT2D eigenvalue weighted by molar-refractivity contribution is -0.118. The first-order valence-corrected chi connectivity index (χ1v) is 13.1. The molecule has 8 heteroatoms. The number of rotatable bonds is 10. The van der Waals surface area contributed by atoms with Crippen LogP contribution in [0.4, 0.5) is 5.13 Å². The predicted octanol–water partition coefficient (Wildman–Crippen LogP) is 4.20. The fourth-order valence-corrected chi connectivity index (χ4v) is 6.43. The van der Waals surface area contributed by atoms with Gasteiger partial charge in [-0.2, -0.15) is 4.31 Å². The van der Waals surface area contributed by atoms with Crippen LogP contribution < -0.4 is 4.90 Å². The maximum absolute atomic E-state index is 13.0. The van der Waals surface area contributed by atoms with Gasteiger partial charge in [-0.05, 0) is 49.8 Å². The molecule has 3 rings (SSSR count). The topological polar surface area (TPSA) is 70.6 Å². The predicted molar refractivity (Wildman–Crippen MR) is 126 cm³/mol. The Hall–Kier alpha value is -2.03. The molecule has 0 atom stereocenters. The number of carbonyl (C=O) groups excluding carboxylic acids is 1. The van der Waals surface area contributed by atoms with Crippen molar-refractivity contribution >= 4 is 32.4 Å². The number of nitrogens with zero attached hydrogens (tertiary/aromatic N) is 3. The molecule has 2 aromatic rings. The number of sulfonamides is 1. The van der Waals surface area contributed by atoms with Crippen molar-refractivity contribution in [2.75, 3.05) is 24.5 Å². The number of fused-ring (bicyclic) bond motifs is 1. The number of carbonyl (C=O) groups is 1. The molecule has 0 radical (unpaired) electrons. The van der Waals surface area contributed by atoms with Crippen molar-refractivity contribution < 1.29 is 13.2 Å². The molecule has 0 N–H and O–H groups in total. The summed E-state index contributed by atoms with van der Waals surface area (Å²) in [6.45, 7) is 8.76. The van der Waals surface area contributed by atoms with Crippen molar-refractivity contribution in [2.45, 2.75) is 57.3 Å². The SMILES string of the molecule is C=CCN(C(=O)CCc1ccc(S(=O)(=O)N(CC)CC)cc1)c1nc2c(s1)CCCC2. The fraction of sp³-hybridized carbons (Fsp3) is 0.478. The molecule has 1 aromatic heterocycles. The lowest BCUT2D eigenvalue weighted by atomic mass is 10.0. The van der Waals surface area contributed by atoms with Crippen molar-refractivity contribution in [1.82, 2.24) is 9.29 Å². The van der Waals surface area contributed by atoms with Crippen LogP contribution in [0.5, 0.6) is 0 Å². The van der Waals surface area contributed by atoms with Gasteiger partial charge in [-0.15, -0.1) is 17.9 Å². The van der Waals surface area contributed by atoms with Crippen LogP contribution in [-0.4, -0.2) is 43.2 Å². The first kappa shape index (κ1) is 23.6. The minimum Gasteiger partial charge on any atom is -0.284 e. The smallest absolute Gasteiger partial charge is 0.243 e. The van der Waals surface area contributed by atoms with Crippen molar-refractivity contribution in [2.24, 2.45) is 0 Å². The van der Waals surface area contributed by atoms with Gasteiger partial charge < -0.3 is 0 Å². The highest BCUT2D eigenvalue weighted by atomic mass is 32.2. The van der Waals surface area contributed by atoms with Crippen molar-refractivity contribution in [3.8, 4) is 0 Å². The maximum Gasteiger partial charge on any atom is 0.243 e. The average molecular weight is 462 g/mol. The first-order chi connectivity index (χ1) is 14.9. The Balaban J connectivity index is 1.67. The molecule has 6 nitrogen and oxygen atoms in total. The Morgan fingerprint density at radius 2 is 1.84 bits per heavy atom. The highest BCUT2D eigenvalue weighted by Crippen LogP contribution is 2.32. The van der Waals surface area contributed by atoms with E-state index in [0.29, 0.717) is 32.5 Å². The molecule has 1 aromatic carbocycles. The molecule has 0 aliphatic heterocycles. The Morgan fingerprint density at radius 3 is 2.45 bits per heavy atom. The van der Waals surface area contributed by atoms with Gasteiger partial charge in [0.05, 0.1) is 10.6 Å². The average Bonchev–Trinajstić information content (AvgIpc) is 3.20. The molecule has 1 amide bonds. The van der Waals surface area contributed by atoms with Gasteiger partial charge in [-0.3, -0.25) is 9.69 Å². The molecule has 1 aliphatic rings. The molecule has 1 aliphatic carbocycles. The van der Waals surface area contributed by atoms with Crippen LogP contribution in [0.2, 0.25) is 0 Å². The van der Waals surface area contributed by atoms with E-state index < -0.39 is 10.0 Å². The van der Waals surface area contributed by atoms with Gasteiger partial charge in [-0.25, -0.2) is 13.4 Å². The summed E-state index contributed by atoms with van der Waals surface area (Å²) in [5, 5.41) is 0.762. The van der Waals surface area contributed by atoms with Crippen LogP contribution in [-0.2, 0) is 34.1 Å². The Morgan fingerprint density at radius 1 is 1.16 bits per heavy atom. The number of hydrogen-bond acceptors (Lipinski definition) is 5. The third kappa shape index (κ3) is 5.42. The Bertz CT molecular complexity index is 986. The van der Waals surface area contributed by atoms with Crippen LogP contribution in [0.25, 0.3) is 0 Å². The molecule has 0 bridgehead atoms. The maximum atomic E-state index is 13.0. The van der Waals surface area contributed by atoms with E-state index in [1.807, 2.05) is 13.8 Å². The lowest BCUT2D eigenvalue weighted by Gasteiger charge is -2.19. The molecular weight excluding hydrogens is 430 g/mol. The van der Waals surface area contributed by atoms with Crippen molar-refractivity contribution in [1.29, 1.82) is 0 Å². The first-order valence-electron chi connectivity index (χ1n) is 10.9. The molecule has 1 heterocycles. The second-order valence-electron chi connectivity index (χ2n) is 7.60. The van der Waals surface area contributed by atoms with E-state index in [9.17, 15) is 13.2 Å². The van der Waals surface area contributed by atoms with E-state index >= 15 is 0 Å². The summed E-state index contributed by atoms with van der Waals surface area (Å²) in [5.41, 5.74) is 2.07. The molecule has 0 fully saturated rings.